The van der Waals surface area contributed by atoms with Crippen molar-refractivity contribution in [2.75, 3.05) is 11.4 Å². The molecule has 1 aromatic heterocycles. The lowest BCUT2D eigenvalue weighted by Crippen LogP contribution is -2.26. The number of hydrogen-bond acceptors (Lipinski definition) is 4. The molecule has 1 aliphatic carbocycles. The van der Waals surface area contributed by atoms with Crippen LogP contribution in [0.3, 0.4) is 0 Å². The Labute approximate surface area is 133 Å². The number of amides is 1. The van der Waals surface area contributed by atoms with Crippen molar-refractivity contribution in [3.63, 3.8) is 0 Å². The fourth-order valence-corrected chi connectivity index (χ4v) is 2.88. The van der Waals surface area contributed by atoms with Gasteiger partial charge < -0.3 is 9.58 Å². The number of ether oxygens (including phenoxy) is 1. The Kier molecular flexibility index (Phi) is 3.05. The van der Waals surface area contributed by atoms with Crippen LogP contribution in [0.2, 0.25) is 0 Å². The summed E-state index contributed by atoms with van der Waals surface area (Å²) in [6.45, 7) is 8.21. The van der Waals surface area contributed by atoms with Gasteiger partial charge in [0.1, 0.15) is 6.10 Å². The summed E-state index contributed by atoms with van der Waals surface area (Å²) in [6, 6.07) is 7.65. The van der Waals surface area contributed by atoms with Gasteiger partial charge in [0.25, 0.3) is 5.54 Å². The maximum atomic E-state index is 12.1. The van der Waals surface area contributed by atoms with Gasteiger partial charge in [-0.05, 0) is 24.3 Å². The molecule has 4 rings (SSSR count). The topological polar surface area (TPSA) is 64.6 Å². The van der Waals surface area contributed by atoms with Crippen molar-refractivity contribution in [3.05, 3.63) is 53.6 Å². The number of carbonyl (C=O) groups is 1. The standard InChI is InChI=1S/C16H15N5O2/c1-17-16(6-7-16)12-2-4-13(5-3-12)20-10-14(23-15(20)22)11-21-18-8-9-19-21/h2-5,8-9,14H,6-7,10-11H2. The van der Waals surface area contributed by atoms with Crippen molar-refractivity contribution in [1.29, 1.82) is 0 Å². The highest BCUT2D eigenvalue weighted by Crippen LogP contribution is 2.49. The number of anilines is 1. The van der Waals surface area contributed by atoms with Crippen LogP contribution in [0.4, 0.5) is 10.5 Å². The van der Waals surface area contributed by atoms with Crippen LogP contribution in [0.15, 0.2) is 36.7 Å². The number of benzene rings is 1. The van der Waals surface area contributed by atoms with Crippen LogP contribution in [0.25, 0.3) is 4.85 Å². The van der Waals surface area contributed by atoms with Gasteiger partial charge in [0.2, 0.25) is 0 Å². The molecule has 0 N–H and O–H groups in total. The molecule has 2 aliphatic rings. The van der Waals surface area contributed by atoms with Gasteiger partial charge >= 0.3 is 6.09 Å². The molecule has 1 unspecified atom stereocenters. The SMILES string of the molecule is [C-]#[N+]C1(c2ccc(N3CC(Cn4nccn4)OC3=O)cc2)CC1. The maximum absolute atomic E-state index is 12.1. The molecule has 0 bridgehead atoms. The van der Waals surface area contributed by atoms with Crippen molar-refractivity contribution in [2.45, 2.75) is 31.0 Å². The van der Waals surface area contributed by atoms with Crippen LogP contribution in [-0.4, -0.2) is 33.7 Å². The van der Waals surface area contributed by atoms with Gasteiger partial charge in [-0.2, -0.15) is 15.0 Å². The van der Waals surface area contributed by atoms with Gasteiger partial charge in [-0.15, -0.1) is 0 Å². The number of rotatable bonds is 4. The summed E-state index contributed by atoms with van der Waals surface area (Å²) >= 11 is 0. The van der Waals surface area contributed by atoms with Gasteiger partial charge in [0.15, 0.2) is 0 Å². The molecule has 0 radical (unpaired) electrons. The lowest BCUT2D eigenvalue weighted by atomic mass is 10.1. The minimum atomic E-state index is -0.360. The molecule has 7 heteroatoms. The molecule has 7 nitrogen and oxygen atoms in total. The first-order chi connectivity index (χ1) is 11.2. The van der Waals surface area contributed by atoms with Gasteiger partial charge in [-0.1, -0.05) is 0 Å². The average Bonchev–Trinajstić information content (AvgIpc) is 3.05. The summed E-state index contributed by atoms with van der Waals surface area (Å²) in [5.41, 5.74) is 1.50. The van der Waals surface area contributed by atoms with E-state index in [0.717, 1.165) is 24.1 Å². The largest absolute Gasteiger partial charge is 0.442 e. The molecular weight excluding hydrogens is 294 g/mol. The predicted molar refractivity (Wildman–Crippen MR) is 81.6 cm³/mol. The number of nitrogens with zero attached hydrogens (tertiary/aromatic N) is 5. The number of aromatic nitrogens is 3. The molecule has 1 saturated carbocycles. The normalized spacial score (nSPS) is 21.8. The Bertz CT molecular complexity index is 759. The first kappa shape index (κ1) is 13.8. The van der Waals surface area contributed by atoms with Crippen LogP contribution >= 0.6 is 0 Å². The lowest BCUT2D eigenvalue weighted by Gasteiger charge is -2.13. The zero-order chi connectivity index (χ0) is 15.9. The van der Waals surface area contributed by atoms with Gasteiger partial charge in [0, 0.05) is 24.1 Å². The molecule has 1 atom stereocenters. The minimum Gasteiger partial charge on any atom is -0.442 e. The molecular formula is C16H15N5O2. The van der Waals surface area contributed by atoms with Crippen molar-refractivity contribution in [3.8, 4) is 0 Å². The summed E-state index contributed by atoms with van der Waals surface area (Å²) in [4.78, 5) is 18.9. The molecule has 2 aromatic rings. The summed E-state index contributed by atoms with van der Waals surface area (Å²) in [5.74, 6) is 0. The Morgan fingerprint density at radius 3 is 2.57 bits per heavy atom. The quantitative estimate of drug-likeness (QED) is 0.812. The Hall–Kier alpha value is -2.88. The highest BCUT2D eigenvalue weighted by molar-refractivity contribution is 5.89. The highest BCUT2D eigenvalue weighted by atomic mass is 16.6. The molecule has 2 heterocycles. The Morgan fingerprint density at radius 1 is 1.26 bits per heavy atom. The fraction of sp³-hybridized carbons (Fsp3) is 0.375. The molecule has 1 aliphatic heterocycles. The Balaban J connectivity index is 1.48. The van der Waals surface area contributed by atoms with E-state index in [2.05, 4.69) is 15.0 Å². The van der Waals surface area contributed by atoms with Gasteiger partial charge in [-0.3, -0.25) is 4.90 Å². The van der Waals surface area contributed by atoms with Crippen LogP contribution in [0.1, 0.15) is 18.4 Å². The fourth-order valence-electron chi connectivity index (χ4n) is 2.88. The molecule has 2 fully saturated rings. The van der Waals surface area contributed by atoms with Crippen LogP contribution in [0, 0.1) is 6.57 Å². The summed E-state index contributed by atoms with van der Waals surface area (Å²) in [7, 11) is 0. The number of carbonyl (C=O) groups excluding carboxylic acids is 1. The van der Waals surface area contributed by atoms with E-state index in [4.69, 9.17) is 11.3 Å². The summed E-state index contributed by atoms with van der Waals surface area (Å²) in [6.07, 6.45) is 4.39. The Morgan fingerprint density at radius 2 is 1.96 bits per heavy atom. The van der Waals surface area contributed by atoms with Gasteiger partial charge in [-0.25, -0.2) is 11.4 Å². The van der Waals surface area contributed by atoms with E-state index in [1.54, 1.807) is 17.3 Å². The third kappa shape index (κ3) is 2.42. The van der Waals surface area contributed by atoms with E-state index >= 15 is 0 Å². The number of cyclic esters (lactones) is 1. The van der Waals surface area contributed by atoms with E-state index in [1.165, 1.54) is 4.80 Å². The lowest BCUT2D eigenvalue weighted by molar-refractivity contribution is 0.126. The van der Waals surface area contributed by atoms with E-state index in [9.17, 15) is 4.79 Å². The molecule has 23 heavy (non-hydrogen) atoms. The van der Waals surface area contributed by atoms with Crippen molar-refractivity contribution in [2.24, 2.45) is 0 Å². The summed E-state index contributed by atoms with van der Waals surface area (Å²) < 4.78 is 5.37. The smallest absolute Gasteiger partial charge is 0.414 e. The van der Waals surface area contributed by atoms with Crippen LogP contribution in [0.5, 0.6) is 0 Å². The molecule has 1 amide bonds. The van der Waals surface area contributed by atoms with Crippen molar-refractivity contribution < 1.29 is 9.53 Å². The van der Waals surface area contributed by atoms with E-state index in [-0.39, 0.29) is 17.7 Å². The monoisotopic (exact) mass is 309 g/mol. The second-order valence-electron chi connectivity index (χ2n) is 5.89. The third-order valence-corrected chi connectivity index (χ3v) is 4.36. The maximum Gasteiger partial charge on any atom is 0.414 e. The van der Waals surface area contributed by atoms with E-state index < -0.39 is 0 Å². The van der Waals surface area contributed by atoms with E-state index in [0.29, 0.717) is 13.1 Å². The van der Waals surface area contributed by atoms with Crippen molar-refractivity contribution in [1.82, 2.24) is 15.0 Å². The minimum absolute atomic E-state index is 0.271. The first-order valence-corrected chi connectivity index (χ1v) is 7.52. The summed E-state index contributed by atoms with van der Waals surface area (Å²) in [5, 5.41) is 8.05. The average molecular weight is 309 g/mol. The highest BCUT2D eigenvalue weighted by Gasteiger charge is 2.52. The van der Waals surface area contributed by atoms with E-state index in [1.807, 2.05) is 24.3 Å². The molecule has 116 valence electrons. The van der Waals surface area contributed by atoms with Gasteiger partial charge in [0.05, 0.1) is 25.5 Å². The zero-order valence-corrected chi connectivity index (χ0v) is 12.4. The zero-order valence-electron chi connectivity index (χ0n) is 12.4. The second kappa shape index (κ2) is 5.09. The number of hydrogen-bond donors (Lipinski definition) is 0. The van der Waals surface area contributed by atoms with Crippen LogP contribution < -0.4 is 4.90 Å². The molecule has 1 saturated heterocycles. The molecule has 1 aromatic carbocycles. The van der Waals surface area contributed by atoms with Crippen molar-refractivity contribution >= 4 is 11.8 Å². The third-order valence-electron chi connectivity index (χ3n) is 4.36. The molecule has 0 spiro atoms. The first-order valence-electron chi connectivity index (χ1n) is 7.52. The van der Waals surface area contributed by atoms with Crippen LogP contribution in [-0.2, 0) is 16.8 Å². The predicted octanol–water partition coefficient (Wildman–Crippen LogP) is 2.21. The second-order valence-corrected chi connectivity index (χ2v) is 5.89.